The fourth-order valence-corrected chi connectivity index (χ4v) is 1.84. The van der Waals surface area contributed by atoms with Gasteiger partial charge in [0.15, 0.2) is 0 Å². The second kappa shape index (κ2) is 3.59. The summed E-state index contributed by atoms with van der Waals surface area (Å²) in [5.74, 6) is 0. The first-order valence-corrected chi connectivity index (χ1v) is 5.02. The van der Waals surface area contributed by atoms with Crippen LogP contribution in [-0.4, -0.2) is 9.78 Å². The van der Waals surface area contributed by atoms with Gasteiger partial charge in [-0.25, -0.2) is 0 Å². The molecule has 0 bridgehead atoms. The Kier molecular flexibility index (Phi) is 2.40. The van der Waals surface area contributed by atoms with Crippen molar-refractivity contribution >= 4 is 17.3 Å². The summed E-state index contributed by atoms with van der Waals surface area (Å²) in [5, 5.41) is 4.97. The molecule has 0 aliphatic heterocycles. The van der Waals surface area contributed by atoms with Gasteiger partial charge in [0, 0.05) is 17.6 Å². The van der Waals surface area contributed by atoms with Crippen LogP contribution in [0.15, 0.2) is 24.3 Å². The number of nitrogens with two attached hydrogens (primary N) is 1. The Morgan fingerprint density at radius 1 is 1.40 bits per heavy atom. The van der Waals surface area contributed by atoms with Crippen molar-refractivity contribution in [2.45, 2.75) is 6.92 Å². The molecule has 2 N–H and O–H groups in total. The number of aromatic nitrogens is 2. The van der Waals surface area contributed by atoms with Crippen LogP contribution in [0, 0.1) is 6.92 Å². The number of nitrogen functional groups attached to an aromatic ring is 1. The molecule has 3 nitrogen and oxygen atoms in total. The lowest BCUT2D eigenvalue weighted by Crippen LogP contribution is -1.95. The maximum absolute atomic E-state index is 5.96. The fraction of sp³-hybridized carbons (Fsp3) is 0.182. The second-order valence-electron chi connectivity index (χ2n) is 3.48. The van der Waals surface area contributed by atoms with Crippen molar-refractivity contribution in [1.82, 2.24) is 9.78 Å². The number of benzene rings is 1. The SMILES string of the molecule is Cc1nn(C)c(-c2cccc(Cl)c2)c1N. The van der Waals surface area contributed by atoms with Crippen LogP contribution in [-0.2, 0) is 7.05 Å². The van der Waals surface area contributed by atoms with Gasteiger partial charge in [0.05, 0.1) is 17.1 Å². The van der Waals surface area contributed by atoms with Gasteiger partial charge in [-0.05, 0) is 19.1 Å². The molecule has 2 rings (SSSR count). The van der Waals surface area contributed by atoms with E-state index in [9.17, 15) is 0 Å². The molecule has 1 heterocycles. The molecule has 15 heavy (non-hydrogen) atoms. The monoisotopic (exact) mass is 221 g/mol. The average molecular weight is 222 g/mol. The van der Waals surface area contributed by atoms with Crippen molar-refractivity contribution < 1.29 is 0 Å². The van der Waals surface area contributed by atoms with E-state index in [1.165, 1.54) is 0 Å². The van der Waals surface area contributed by atoms with Crippen LogP contribution in [0.25, 0.3) is 11.3 Å². The van der Waals surface area contributed by atoms with Crippen LogP contribution >= 0.6 is 11.6 Å². The Balaban J connectivity index is 2.63. The second-order valence-corrected chi connectivity index (χ2v) is 3.92. The summed E-state index contributed by atoms with van der Waals surface area (Å²) in [5.41, 5.74) is 9.41. The van der Waals surface area contributed by atoms with Crippen LogP contribution in [0.3, 0.4) is 0 Å². The van der Waals surface area contributed by atoms with E-state index in [0.717, 1.165) is 17.0 Å². The van der Waals surface area contributed by atoms with E-state index < -0.39 is 0 Å². The highest BCUT2D eigenvalue weighted by Crippen LogP contribution is 2.29. The molecule has 0 amide bonds. The van der Waals surface area contributed by atoms with E-state index in [-0.39, 0.29) is 0 Å². The van der Waals surface area contributed by atoms with Gasteiger partial charge in [0.25, 0.3) is 0 Å². The van der Waals surface area contributed by atoms with Crippen LogP contribution in [0.5, 0.6) is 0 Å². The quantitative estimate of drug-likeness (QED) is 0.805. The molecule has 0 saturated carbocycles. The van der Waals surface area contributed by atoms with Crippen molar-refractivity contribution in [3.05, 3.63) is 35.0 Å². The van der Waals surface area contributed by atoms with Gasteiger partial charge in [-0.15, -0.1) is 0 Å². The lowest BCUT2D eigenvalue weighted by atomic mass is 10.1. The Hall–Kier alpha value is -1.48. The molecule has 0 spiro atoms. The number of halogens is 1. The summed E-state index contributed by atoms with van der Waals surface area (Å²) < 4.78 is 1.77. The minimum Gasteiger partial charge on any atom is -0.395 e. The molecule has 1 aromatic carbocycles. The molecule has 78 valence electrons. The first-order chi connectivity index (χ1) is 7.09. The van der Waals surface area contributed by atoms with Crippen molar-refractivity contribution in [1.29, 1.82) is 0 Å². The summed E-state index contributed by atoms with van der Waals surface area (Å²) in [7, 11) is 1.87. The van der Waals surface area contributed by atoms with Crippen molar-refractivity contribution in [3.8, 4) is 11.3 Å². The minimum absolute atomic E-state index is 0.700. The Morgan fingerprint density at radius 3 is 2.67 bits per heavy atom. The topological polar surface area (TPSA) is 43.8 Å². The van der Waals surface area contributed by atoms with Crippen LogP contribution in [0.1, 0.15) is 5.69 Å². The summed E-state index contributed by atoms with van der Waals surface area (Å²) in [6, 6.07) is 7.59. The van der Waals surface area contributed by atoms with Gasteiger partial charge in [-0.2, -0.15) is 5.10 Å². The molecule has 0 unspecified atom stereocenters. The lowest BCUT2D eigenvalue weighted by Gasteiger charge is -2.03. The standard InChI is InChI=1S/C11H12ClN3/c1-7-10(13)11(15(2)14-7)8-4-3-5-9(12)6-8/h3-6H,13H2,1-2H3. The molecule has 0 radical (unpaired) electrons. The van der Waals surface area contributed by atoms with Crippen LogP contribution in [0.4, 0.5) is 5.69 Å². The lowest BCUT2D eigenvalue weighted by molar-refractivity contribution is 0.764. The highest BCUT2D eigenvalue weighted by atomic mass is 35.5. The van der Waals surface area contributed by atoms with Crippen LogP contribution < -0.4 is 5.73 Å². The molecular formula is C11H12ClN3. The number of rotatable bonds is 1. The molecule has 0 atom stereocenters. The normalized spacial score (nSPS) is 10.6. The number of hydrogen-bond acceptors (Lipinski definition) is 2. The summed E-state index contributed by atoms with van der Waals surface area (Å²) in [4.78, 5) is 0. The summed E-state index contributed by atoms with van der Waals surface area (Å²) >= 11 is 5.94. The highest BCUT2D eigenvalue weighted by Gasteiger charge is 2.11. The Labute approximate surface area is 93.5 Å². The van der Waals surface area contributed by atoms with E-state index >= 15 is 0 Å². The van der Waals surface area contributed by atoms with E-state index in [1.54, 1.807) is 4.68 Å². The van der Waals surface area contributed by atoms with Gasteiger partial charge in [-0.3, -0.25) is 4.68 Å². The number of hydrogen-bond donors (Lipinski definition) is 1. The number of aryl methyl sites for hydroxylation is 2. The molecule has 0 aliphatic carbocycles. The zero-order chi connectivity index (χ0) is 11.0. The zero-order valence-corrected chi connectivity index (χ0v) is 9.42. The molecule has 0 aliphatic rings. The van der Waals surface area contributed by atoms with Crippen molar-refractivity contribution in [2.75, 3.05) is 5.73 Å². The maximum Gasteiger partial charge on any atom is 0.0912 e. The molecule has 1 aromatic heterocycles. The molecule has 0 saturated heterocycles. The summed E-state index contributed by atoms with van der Waals surface area (Å²) in [6.07, 6.45) is 0. The summed E-state index contributed by atoms with van der Waals surface area (Å²) in [6.45, 7) is 1.89. The third-order valence-electron chi connectivity index (χ3n) is 2.37. The largest absolute Gasteiger partial charge is 0.395 e. The van der Waals surface area contributed by atoms with E-state index in [0.29, 0.717) is 10.7 Å². The van der Waals surface area contributed by atoms with Gasteiger partial charge < -0.3 is 5.73 Å². The third-order valence-corrected chi connectivity index (χ3v) is 2.60. The van der Waals surface area contributed by atoms with E-state index in [2.05, 4.69) is 5.10 Å². The maximum atomic E-state index is 5.96. The first-order valence-electron chi connectivity index (χ1n) is 4.64. The molecule has 4 heteroatoms. The first kappa shape index (κ1) is 10.1. The fourth-order valence-electron chi connectivity index (χ4n) is 1.65. The Morgan fingerprint density at radius 2 is 2.13 bits per heavy atom. The molecule has 0 fully saturated rings. The van der Waals surface area contributed by atoms with E-state index in [1.807, 2.05) is 38.2 Å². The smallest absolute Gasteiger partial charge is 0.0912 e. The highest BCUT2D eigenvalue weighted by molar-refractivity contribution is 6.30. The van der Waals surface area contributed by atoms with Gasteiger partial charge in [0.1, 0.15) is 0 Å². The van der Waals surface area contributed by atoms with Gasteiger partial charge in [-0.1, -0.05) is 23.7 Å². The predicted molar refractivity (Wildman–Crippen MR) is 62.8 cm³/mol. The number of nitrogens with zero attached hydrogens (tertiary/aromatic N) is 2. The number of anilines is 1. The molecule has 2 aromatic rings. The van der Waals surface area contributed by atoms with Crippen molar-refractivity contribution in [3.63, 3.8) is 0 Å². The van der Waals surface area contributed by atoms with Gasteiger partial charge in [0.2, 0.25) is 0 Å². The van der Waals surface area contributed by atoms with E-state index in [4.69, 9.17) is 17.3 Å². The van der Waals surface area contributed by atoms with Gasteiger partial charge >= 0.3 is 0 Å². The minimum atomic E-state index is 0.700. The molecular weight excluding hydrogens is 210 g/mol. The zero-order valence-electron chi connectivity index (χ0n) is 8.66. The average Bonchev–Trinajstić information content (AvgIpc) is 2.41. The predicted octanol–water partition coefficient (Wildman–Crippen LogP) is 2.63. The third kappa shape index (κ3) is 1.70. The van der Waals surface area contributed by atoms with Crippen molar-refractivity contribution in [2.24, 2.45) is 7.05 Å². The van der Waals surface area contributed by atoms with Crippen LogP contribution in [0.2, 0.25) is 5.02 Å². The Bertz CT molecular complexity index is 503.